The van der Waals surface area contributed by atoms with Crippen LogP contribution in [0.1, 0.15) is 52.9 Å². The van der Waals surface area contributed by atoms with Crippen LogP contribution in [0.2, 0.25) is 0 Å². The third kappa shape index (κ3) is 30.7. The van der Waals surface area contributed by atoms with Crippen LogP contribution >= 0.6 is 6.49 Å². The van der Waals surface area contributed by atoms with Crippen molar-refractivity contribution in [3.8, 4) is 0 Å². The van der Waals surface area contributed by atoms with E-state index in [2.05, 4.69) is 42.5 Å². The molecule has 0 aromatic carbocycles. The fourth-order valence-corrected chi connectivity index (χ4v) is 9.68. The summed E-state index contributed by atoms with van der Waals surface area (Å²) in [6.07, 6.45) is -18.3. The Labute approximate surface area is 530 Å². The summed E-state index contributed by atoms with van der Waals surface area (Å²) in [6, 6.07) is -6.28. The highest BCUT2D eigenvalue weighted by Gasteiger charge is 2.48. The van der Waals surface area contributed by atoms with Crippen molar-refractivity contribution in [3.63, 3.8) is 0 Å². The normalized spacial score (nSPS) is 27.9. The van der Waals surface area contributed by atoms with E-state index in [1.54, 1.807) is 0 Å². The average molecular weight is 1360 g/mol. The van der Waals surface area contributed by atoms with Crippen LogP contribution in [-0.2, 0) is 102 Å². The van der Waals surface area contributed by atoms with E-state index in [9.17, 15) is 89.2 Å². The van der Waals surface area contributed by atoms with Crippen LogP contribution in [0.5, 0.6) is 0 Å². The molecule has 0 saturated carbocycles. The molecule has 3 rings (SSSR count). The molecule has 0 aromatic heterocycles. The molecule has 3 heterocycles. The number of nitrogens with one attached hydrogen (secondary N) is 8. The Balaban J connectivity index is 1.62. The Kier molecular flexibility index (Phi) is 38.7. The lowest BCUT2D eigenvalue weighted by atomic mass is 9.97. The standard InChI is InChI=1S/C52H93N8O29PS/c1-28(64)56-39-45(73)42(70)33(25-61)87-50(39)83-21-17-80-14-10-53-36(67)7-5-31(48(76)54-11-15-81-18-22-84-51-40(57-29(2)65)46(74)43(71)34(26-62)88-51)59-37(68)8-6-32(60-38(69)9-13-79-20-24-86-90(4,78)91)49(77)55-12-16-82-19-23-85-52-41(58-30(3)66)47(75)44(72)35(27-63)89-52/h31-35,39-47,50-52,61-63,70-75H,5-27H2,1-4H3,(H,53,67)(H,54,76)(H,55,77)(H,56,64)(H,57,65)(H,58,66)(H,59,68)(H,60,69)(H,78,91)/p-1. The van der Waals surface area contributed by atoms with Crippen LogP contribution in [-0.4, -0.2) is 323 Å². The van der Waals surface area contributed by atoms with Crippen LogP contribution in [0, 0.1) is 0 Å². The van der Waals surface area contributed by atoms with E-state index >= 15 is 0 Å². The third-order valence-electron chi connectivity index (χ3n) is 13.6. The van der Waals surface area contributed by atoms with Gasteiger partial charge < -0.3 is 145 Å². The van der Waals surface area contributed by atoms with Gasteiger partial charge in [-0.1, -0.05) is 11.8 Å². The van der Waals surface area contributed by atoms with Crippen molar-refractivity contribution < 1.29 is 141 Å². The molecule has 91 heavy (non-hydrogen) atoms. The number of aliphatic hydroxyl groups is 9. The number of ether oxygens (including phenoxy) is 10. The molecule has 0 spiro atoms. The van der Waals surface area contributed by atoms with E-state index in [4.69, 9.17) is 63.7 Å². The van der Waals surface area contributed by atoms with Crippen LogP contribution in [0.15, 0.2) is 0 Å². The van der Waals surface area contributed by atoms with Crippen LogP contribution < -0.4 is 47.4 Å². The number of carbonyl (C=O) groups is 8. The number of amides is 8. The predicted molar refractivity (Wildman–Crippen MR) is 309 cm³/mol. The zero-order chi connectivity index (χ0) is 67.6. The molecule has 0 bridgehead atoms. The second-order valence-electron chi connectivity index (χ2n) is 21.0. The molecule has 0 aliphatic carbocycles. The zero-order valence-corrected chi connectivity index (χ0v) is 52.8. The molecule has 8 amide bonds. The SMILES string of the molecule is CC(=O)NC1C(OCCOCCNC(=O)CCC(NC(=O)CCC(NC(=O)CCOCCOP(C)([O-])=S)C(=O)NCCOCCOC2OC(CO)C(O)C(O)C2NC(C)=O)C(=O)NCCOCCOC2OC(CO)C(O)C(O)C2NC(C)=O)OC(CO)C(O)C1O. The maximum absolute atomic E-state index is 13.7. The first-order chi connectivity index (χ1) is 43.2. The number of carbonyl (C=O) groups excluding carboxylic acids is 8. The quantitative estimate of drug-likeness (QED) is 0.0199. The summed E-state index contributed by atoms with van der Waals surface area (Å²) in [4.78, 5) is 114. The number of hydrogen-bond donors (Lipinski definition) is 17. The van der Waals surface area contributed by atoms with E-state index in [1.165, 1.54) is 27.4 Å². The first-order valence-corrected chi connectivity index (χ1v) is 32.5. The molecule has 18 atom stereocenters. The predicted octanol–water partition coefficient (Wildman–Crippen LogP) is -10.5. The van der Waals surface area contributed by atoms with Gasteiger partial charge in [-0.3, -0.25) is 38.4 Å². The minimum Gasteiger partial charge on any atom is -0.801 e. The first-order valence-electron chi connectivity index (χ1n) is 29.4. The minimum atomic E-state index is -3.20. The van der Waals surface area contributed by atoms with E-state index in [0.29, 0.717) is 0 Å². The molecule has 39 heteroatoms. The van der Waals surface area contributed by atoms with E-state index in [1.807, 2.05) is 0 Å². The number of aliphatic hydroxyl groups excluding tert-OH is 9. The summed E-state index contributed by atoms with van der Waals surface area (Å²) in [5, 5.41) is 111. The molecule has 17 N–H and O–H groups in total. The molecule has 37 nitrogen and oxygen atoms in total. The maximum Gasteiger partial charge on any atom is 0.242 e. The van der Waals surface area contributed by atoms with Gasteiger partial charge in [-0.2, -0.15) is 0 Å². The number of rotatable bonds is 44. The Hall–Kier alpha value is -4.43. The van der Waals surface area contributed by atoms with E-state index < -0.39 is 184 Å². The minimum absolute atomic E-state index is 0.0320. The average Bonchev–Trinajstić information content (AvgIpc) is 1.78. The summed E-state index contributed by atoms with van der Waals surface area (Å²) >= 11 is 4.71. The van der Waals surface area contributed by atoms with Crippen LogP contribution in [0.3, 0.4) is 0 Å². The van der Waals surface area contributed by atoms with Gasteiger partial charge in [-0.25, -0.2) is 0 Å². The third-order valence-corrected chi connectivity index (χ3v) is 14.6. The van der Waals surface area contributed by atoms with Crippen molar-refractivity contribution in [1.29, 1.82) is 0 Å². The first kappa shape index (κ1) is 80.8. The van der Waals surface area contributed by atoms with Crippen molar-refractivity contribution in [3.05, 3.63) is 0 Å². The van der Waals surface area contributed by atoms with E-state index in [-0.39, 0.29) is 125 Å². The topological polar surface area (TPSA) is 539 Å². The van der Waals surface area contributed by atoms with Gasteiger partial charge in [0.2, 0.25) is 47.3 Å². The second kappa shape index (κ2) is 43.5. The highest BCUT2D eigenvalue weighted by molar-refractivity contribution is 8.08. The van der Waals surface area contributed by atoms with E-state index in [0.717, 1.165) is 0 Å². The molecule has 3 aliphatic rings. The Morgan fingerprint density at radius 1 is 0.451 bits per heavy atom. The van der Waals surface area contributed by atoms with Crippen LogP contribution in [0.4, 0.5) is 0 Å². The van der Waals surface area contributed by atoms with Gasteiger partial charge in [-0.05, 0) is 26.0 Å². The van der Waals surface area contributed by atoms with Crippen LogP contribution in [0.25, 0.3) is 0 Å². The molecular formula is C52H92N8O29PS-. The number of hydrogen-bond acceptors (Lipinski definition) is 30. The lowest BCUT2D eigenvalue weighted by Gasteiger charge is -2.42. The molecule has 526 valence electrons. The molecule has 3 fully saturated rings. The van der Waals surface area contributed by atoms with Gasteiger partial charge in [-0.15, -0.1) is 0 Å². The molecule has 3 saturated heterocycles. The van der Waals surface area contributed by atoms with Gasteiger partial charge in [0.15, 0.2) is 18.9 Å². The summed E-state index contributed by atoms with van der Waals surface area (Å²) in [6.45, 7) is -2.08. The molecule has 3 aliphatic heterocycles. The Morgan fingerprint density at radius 2 is 0.769 bits per heavy atom. The smallest absolute Gasteiger partial charge is 0.242 e. The molecular weight excluding hydrogens is 1260 g/mol. The second-order valence-corrected chi connectivity index (χ2v) is 24.8. The lowest BCUT2D eigenvalue weighted by Crippen LogP contribution is -2.64. The fraction of sp³-hybridized carbons (Fsp3) is 0.846. The monoisotopic (exact) mass is 1360 g/mol. The fourth-order valence-electron chi connectivity index (χ4n) is 9.06. The van der Waals surface area contributed by atoms with Gasteiger partial charge in [0.1, 0.15) is 85.1 Å². The largest absolute Gasteiger partial charge is 0.801 e. The maximum atomic E-state index is 13.7. The zero-order valence-electron chi connectivity index (χ0n) is 51.1. The van der Waals surface area contributed by atoms with Gasteiger partial charge in [0.25, 0.3) is 0 Å². The Morgan fingerprint density at radius 3 is 1.11 bits per heavy atom. The van der Waals surface area contributed by atoms with Crippen molar-refractivity contribution >= 4 is 65.6 Å². The summed E-state index contributed by atoms with van der Waals surface area (Å²) in [5.41, 5.74) is 0. The molecule has 18 unspecified atom stereocenters. The highest BCUT2D eigenvalue weighted by Crippen LogP contribution is 2.31. The lowest BCUT2D eigenvalue weighted by molar-refractivity contribution is -0.272. The van der Waals surface area contributed by atoms with Crippen molar-refractivity contribution in [2.45, 2.75) is 157 Å². The van der Waals surface area contributed by atoms with Crippen molar-refractivity contribution in [2.24, 2.45) is 0 Å². The van der Waals surface area contributed by atoms with Crippen molar-refractivity contribution in [1.82, 2.24) is 42.5 Å². The summed E-state index contributed by atoms with van der Waals surface area (Å²) < 4.78 is 60.4. The molecule has 0 aromatic rings. The van der Waals surface area contributed by atoms with Crippen molar-refractivity contribution in [2.75, 3.05) is 125 Å². The highest BCUT2D eigenvalue weighted by atomic mass is 32.5. The van der Waals surface area contributed by atoms with Gasteiger partial charge >= 0.3 is 0 Å². The summed E-state index contributed by atoms with van der Waals surface area (Å²) in [5.74, 6) is -5.18. The Bertz CT molecular complexity index is 2270. The molecule has 0 radical (unpaired) electrons. The van der Waals surface area contributed by atoms with Gasteiger partial charge in [0, 0.05) is 59.7 Å². The summed E-state index contributed by atoms with van der Waals surface area (Å²) in [7, 11) is 0. The van der Waals surface area contributed by atoms with Gasteiger partial charge in [0.05, 0.1) is 99.1 Å².